The Bertz CT molecular complexity index is 827. The third-order valence-electron chi connectivity index (χ3n) is 4.95. The fourth-order valence-electron chi connectivity index (χ4n) is 3.57. The van der Waals surface area contributed by atoms with E-state index in [1.54, 1.807) is 4.90 Å². The maximum atomic E-state index is 12.8. The second-order valence-corrected chi connectivity index (χ2v) is 6.85. The summed E-state index contributed by atoms with van der Waals surface area (Å²) < 4.78 is 16.8. The highest BCUT2D eigenvalue weighted by molar-refractivity contribution is 5.84. The highest BCUT2D eigenvalue weighted by Crippen LogP contribution is 2.33. The van der Waals surface area contributed by atoms with Crippen molar-refractivity contribution in [2.45, 2.75) is 37.7 Å². The number of rotatable bonds is 7. The van der Waals surface area contributed by atoms with E-state index in [0.29, 0.717) is 13.2 Å². The van der Waals surface area contributed by atoms with Gasteiger partial charge in [-0.15, -0.1) is 0 Å². The molecule has 146 valence electrons. The normalized spacial score (nSPS) is 26.4. The van der Waals surface area contributed by atoms with Gasteiger partial charge in [0.2, 0.25) is 6.29 Å². The largest absolute Gasteiger partial charge is 0.479 e. The van der Waals surface area contributed by atoms with E-state index in [-0.39, 0.29) is 12.5 Å². The van der Waals surface area contributed by atoms with Crippen molar-refractivity contribution < 1.29 is 28.9 Å². The number of amides is 1. The number of nitrogens with zero attached hydrogens (tertiary/aromatic N) is 1. The zero-order chi connectivity index (χ0) is 19.5. The molecule has 7 heteroatoms. The van der Waals surface area contributed by atoms with Crippen LogP contribution in [-0.2, 0) is 37.0 Å². The summed E-state index contributed by atoms with van der Waals surface area (Å²) in [6.45, 7) is 0.850. The smallest absolute Gasteiger partial charge is 0.335 e. The number of morpholine rings is 1. The average molecular weight is 383 g/mol. The van der Waals surface area contributed by atoms with Crippen LogP contribution in [0.4, 0.5) is 0 Å². The average Bonchev–Trinajstić information content (AvgIpc) is 3.12. The van der Waals surface area contributed by atoms with Gasteiger partial charge in [0.25, 0.3) is 5.91 Å². The van der Waals surface area contributed by atoms with Gasteiger partial charge >= 0.3 is 5.97 Å². The summed E-state index contributed by atoms with van der Waals surface area (Å²) in [5.74, 6) is -1.52. The number of carbonyl (C=O) groups is 2. The van der Waals surface area contributed by atoms with Gasteiger partial charge in [-0.2, -0.15) is 0 Å². The Hall–Kier alpha value is -2.74. The number of hydrogen-bond acceptors (Lipinski definition) is 5. The van der Waals surface area contributed by atoms with Crippen LogP contribution in [0.2, 0.25) is 0 Å². The van der Waals surface area contributed by atoms with Gasteiger partial charge in [0, 0.05) is 6.54 Å². The minimum atomic E-state index is -1.19. The molecule has 0 saturated carbocycles. The molecule has 2 aromatic carbocycles. The van der Waals surface area contributed by atoms with Crippen LogP contribution >= 0.6 is 0 Å². The molecule has 7 nitrogen and oxygen atoms in total. The standard InChI is InChI=1S/C21H21NO6/c23-19-21-27-17(18(28-21)20(24)25)16(13-26-12-15-9-5-2-6-10-15)22(19)11-14-7-3-1-4-8-14/h1-10,16-18,21H,11-13H2,(H,24,25)/t16-,17-,18+,21+/m0/s1. The molecule has 2 saturated heterocycles. The van der Waals surface area contributed by atoms with Crippen molar-refractivity contribution in [3.05, 3.63) is 71.8 Å². The van der Waals surface area contributed by atoms with Crippen molar-refractivity contribution in [3.63, 3.8) is 0 Å². The van der Waals surface area contributed by atoms with Crippen molar-refractivity contribution >= 4 is 11.9 Å². The lowest BCUT2D eigenvalue weighted by atomic mass is 10.0. The number of benzene rings is 2. The van der Waals surface area contributed by atoms with E-state index in [0.717, 1.165) is 11.1 Å². The lowest BCUT2D eigenvalue weighted by Crippen LogP contribution is -2.58. The molecule has 2 heterocycles. The van der Waals surface area contributed by atoms with Gasteiger partial charge in [-0.25, -0.2) is 4.79 Å². The number of fused-ring (bicyclic) bond motifs is 2. The van der Waals surface area contributed by atoms with Gasteiger partial charge in [-0.1, -0.05) is 60.7 Å². The second-order valence-electron chi connectivity index (χ2n) is 6.85. The third-order valence-corrected chi connectivity index (χ3v) is 4.95. The first-order valence-corrected chi connectivity index (χ1v) is 9.13. The molecular weight excluding hydrogens is 362 g/mol. The zero-order valence-corrected chi connectivity index (χ0v) is 15.1. The minimum Gasteiger partial charge on any atom is -0.479 e. The SMILES string of the molecule is O=C(O)[C@@H]1O[C@H]2O[C@H]1[C@H](COCc1ccccc1)N(Cc1ccccc1)C2=O. The molecule has 2 bridgehead atoms. The molecule has 0 aliphatic carbocycles. The molecule has 1 amide bonds. The molecule has 4 atom stereocenters. The van der Waals surface area contributed by atoms with E-state index < -0.39 is 30.5 Å². The lowest BCUT2D eigenvalue weighted by Gasteiger charge is -2.38. The highest BCUT2D eigenvalue weighted by atomic mass is 16.7. The van der Waals surface area contributed by atoms with Crippen LogP contribution in [0.3, 0.4) is 0 Å². The van der Waals surface area contributed by atoms with Gasteiger partial charge < -0.3 is 24.2 Å². The van der Waals surface area contributed by atoms with Crippen LogP contribution in [0, 0.1) is 0 Å². The monoisotopic (exact) mass is 383 g/mol. The predicted octanol–water partition coefficient (Wildman–Crippen LogP) is 1.81. The Morgan fingerprint density at radius 1 is 1.00 bits per heavy atom. The Morgan fingerprint density at radius 2 is 1.64 bits per heavy atom. The Labute approximate surface area is 162 Å². The second kappa shape index (κ2) is 8.10. The number of carboxylic acids is 1. The molecule has 2 aliphatic heterocycles. The Kier molecular flexibility index (Phi) is 5.38. The van der Waals surface area contributed by atoms with Crippen molar-refractivity contribution in [3.8, 4) is 0 Å². The third kappa shape index (κ3) is 3.77. The Balaban J connectivity index is 1.53. The van der Waals surface area contributed by atoms with Crippen LogP contribution < -0.4 is 0 Å². The van der Waals surface area contributed by atoms with Crippen molar-refractivity contribution in [2.75, 3.05) is 6.61 Å². The number of carbonyl (C=O) groups excluding carboxylic acids is 1. The van der Waals surface area contributed by atoms with Crippen molar-refractivity contribution in [1.82, 2.24) is 4.90 Å². The van der Waals surface area contributed by atoms with E-state index in [9.17, 15) is 14.7 Å². The molecule has 2 aromatic rings. The first-order chi connectivity index (χ1) is 13.6. The molecule has 0 unspecified atom stereocenters. The number of ether oxygens (including phenoxy) is 3. The maximum Gasteiger partial charge on any atom is 0.335 e. The Morgan fingerprint density at radius 3 is 2.29 bits per heavy atom. The summed E-state index contributed by atoms with van der Waals surface area (Å²) in [6.07, 6.45) is -3.15. The van der Waals surface area contributed by atoms with E-state index in [2.05, 4.69) is 0 Å². The van der Waals surface area contributed by atoms with E-state index in [1.807, 2.05) is 60.7 Å². The van der Waals surface area contributed by atoms with Crippen LogP contribution in [0.1, 0.15) is 11.1 Å². The molecule has 0 radical (unpaired) electrons. The maximum absolute atomic E-state index is 12.8. The number of aliphatic carboxylic acids is 1. The predicted molar refractivity (Wildman–Crippen MR) is 98.0 cm³/mol. The number of hydrogen-bond donors (Lipinski definition) is 1. The van der Waals surface area contributed by atoms with E-state index in [4.69, 9.17) is 14.2 Å². The topological polar surface area (TPSA) is 85.3 Å². The minimum absolute atomic E-state index is 0.151. The van der Waals surface area contributed by atoms with Gasteiger partial charge in [0.1, 0.15) is 6.10 Å². The fourth-order valence-corrected chi connectivity index (χ4v) is 3.57. The van der Waals surface area contributed by atoms with Gasteiger partial charge in [0.15, 0.2) is 6.10 Å². The molecule has 28 heavy (non-hydrogen) atoms. The summed E-state index contributed by atoms with van der Waals surface area (Å²) in [6, 6.07) is 18.6. The first kappa shape index (κ1) is 18.6. The van der Waals surface area contributed by atoms with Crippen molar-refractivity contribution in [2.24, 2.45) is 0 Å². The van der Waals surface area contributed by atoms with E-state index >= 15 is 0 Å². The molecule has 2 aliphatic rings. The summed E-state index contributed by atoms with van der Waals surface area (Å²) in [5.41, 5.74) is 1.94. The van der Waals surface area contributed by atoms with Gasteiger partial charge in [-0.05, 0) is 11.1 Å². The van der Waals surface area contributed by atoms with Crippen LogP contribution in [0.5, 0.6) is 0 Å². The molecule has 4 rings (SSSR count). The van der Waals surface area contributed by atoms with Gasteiger partial charge in [0.05, 0.1) is 19.3 Å². The number of carboxylic acid groups (broad SMARTS) is 1. The van der Waals surface area contributed by atoms with Crippen molar-refractivity contribution in [1.29, 1.82) is 0 Å². The van der Waals surface area contributed by atoms with Crippen LogP contribution in [-0.4, -0.2) is 53.0 Å². The lowest BCUT2D eigenvalue weighted by molar-refractivity contribution is -0.183. The van der Waals surface area contributed by atoms with E-state index in [1.165, 1.54) is 0 Å². The summed E-state index contributed by atoms with van der Waals surface area (Å²) in [5, 5.41) is 9.47. The summed E-state index contributed by atoms with van der Waals surface area (Å²) >= 11 is 0. The summed E-state index contributed by atoms with van der Waals surface area (Å²) in [4.78, 5) is 26.0. The van der Waals surface area contributed by atoms with Crippen LogP contribution in [0.25, 0.3) is 0 Å². The fraction of sp³-hybridized carbons (Fsp3) is 0.333. The van der Waals surface area contributed by atoms with Crippen LogP contribution in [0.15, 0.2) is 60.7 Å². The molecule has 0 spiro atoms. The first-order valence-electron chi connectivity index (χ1n) is 9.13. The van der Waals surface area contributed by atoms with Gasteiger partial charge in [-0.3, -0.25) is 4.79 Å². The zero-order valence-electron chi connectivity index (χ0n) is 15.1. The highest BCUT2D eigenvalue weighted by Gasteiger charge is 2.55. The molecule has 2 fully saturated rings. The molecule has 0 aromatic heterocycles. The molecule has 1 N–H and O–H groups in total. The quantitative estimate of drug-likeness (QED) is 0.785. The molecular formula is C21H21NO6. The summed E-state index contributed by atoms with van der Waals surface area (Å²) in [7, 11) is 0.